The summed E-state index contributed by atoms with van der Waals surface area (Å²) in [4.78, 5) is 27.3. The number of amides is 2. The van der Waals surface area contributed by atoms with Crippen LogP contribution in [0.15, 0.2) is 0 Å². The van der Waals surface area contributed by atoms with Crippen LogP contribution in [0.5, 0.6) is 0 Å². The van der Waals surface area contributed by atoms with Gasteiger partial charge in [-0.3, -0.25) is 9.59 Å². The van der Waals surface area contributed by atoms with Gasteiger partial charge in [0.1, 0.15) is 0 Å². The van der Waals surface area contributed by atoms with Crippen LogP contribution in [0.3, 0.4) is 0 Å². The van der Waals surface area contributed by atoms with E-state index in [-0.39, 0.29) is 11.8 Å². The molecular weight excluding hydrogens is 490 g/mol. The number of likely N-dealkylation sites (N-methyl/N-ethyl adjacent to an activating group) is 2. The molecule has 0 fully saturated rings. The van der Waals surface area contributed by atoms with E-state index in [1.165, 1.54) is 9.80 Å². The summed E-state index contributed by atoms with van der Waals surface area (Å²) in [5.74, 6) is -0.521. The summed E-state index contributed by atoms with van der Waals surface area (Å²) in [5.41, 5.74) is 0. The molecule has 0 bridgehead atoms. The van der Waals surface area contributed by atoms with E-state index in [9.17, 15) is 9.59 Å². The van der Waals surface area contributed by atoms with E-state index in [4.69, 9.17) is 9.47 Å². The van der Waals surface area contributed by atoms with Crippen LogP contribution in [0.1, 0.15) is 0 Å². The topological polar surface area (TPSA) is 59.1 Å². The van der Waals surface area contributed by atoms with Gasteiger partial charge in [-0.15, -0.1) is 0 Å². The number of hydrogen-bond acceptors (Lipinski definition) is 4. The molecule has 2 unspecified atom stereocenters. The molecule has 0 aromatic rings. The summed E-state index contributed by atoms with van der Waals surface area (Å²) in [6.07, 6.45) is -1.81. The van der Waals surface area contributed by atoms with Crippen LogP contribution in [0, 0.1) is 0 Å². The Morgan fingerprint density at radius 1 is 0.850 bits per heavy atom. The summed E-state index contributed by atoms with van der Waals surface area (Å²) in [6, 6.07) is 0. The number of nitrogens with zero attached hydrogens (tertiary/aromatic N) is 2. The lowest BCUT2D eigenvalue weighted by molar-refractivity contribution is -0.164. The van der Waals surface area contributed by atoms with Crippen molar-refractivity contribution in [2.45, 2.75) is 12.2 Å². The fraction of sp³-hybridized carbons (Fsp3) is 0.833. The average molecular weight is 512 g/mol. The second kappa shape index (κ2) is 11.0. The summed E-state index contributed by atoms with van der Waals surface area (Å²) >= 11 is 4.31. The third-order valence-electron chi connectivity index (χ3n) is 2.39. The van der Waals surface area contributed by atoms with E-state index in [1.54, 1.807) is 28.2 Å². The molecule has 0 aliphatic heterocycles. The molecule has 0 aromatic carbocycles. The zero-order chi connectivity index (χ0) is 15.7. The lowest BCUT2D eigenvalue weighted by Gasteiger charge is -2.29. The number of hydrogen-bond donors (Lipinski definition) is 0. The Balaban J connectivity index is 5.15. The van der Waals surface area contributed by atoms with E-state index in [0.29, 0.717) is 13.2 Å². The Morgan fingerprint density at radius 3 is 1.35 bits per heavy atom. The minimum Gasteiger partial charge on any atom is -0.364 e. The molecule has 8 heteroatoms. The van der Waals surface area contributed by atoms with Gasteiger partial charge in [0.2, 0.25) is 0 Å². The van der Waals surface area contributed by atoms with Gasteiger partial charge in [0, 0.05) is 37.0 Å². The molecule has 0 spiro atoms. The molecule has 0 rings (SSSR count). The fourth-order valence-electron chi connectivity index (χ4n) is 1.43. The quantitative estimate of drug-likeness (QED) is 0.339. The van der Waals surface area contributed by atoms with Crippen LogP contribution in [0.25, 0.3) is 0 Å². The van der Waals surface area contributed by atoms with Gasteiger partial charge in [-0.05, 0) is 0 Å². The third-order valence-corrected chi connectivity index (χ3v) is 3.27. The number of ether oxygens (including phenoxy) is 2. The van der Waals surface area contributed by atoms with Crippen molar-refractivity contribution >= 4 is 57.0 Å². The van der Waals surface area contributed by atoms with E-state index in [1.807, 2.05) is 0 Å². The van der Waals surface area contributed by atoms with Gasteiger partial charge in [-0.25, -0.2) is 0 Å². The van der Waals surface area contributed by atoms with Crippen molar-refractivity contribution in [1.29, 1.82) is 0 Å². The molecular formula is C12H22I2N2O4. The normalized spacial score (nSPS) is 13.7. The molecule has 0 aliphatic rings. The molecule has 20 heavy (non-hydrogen) atoms. The number of rotatable bonds is 9. The summed E-state index contributed by atoms with van der Waals surface area (Å²) in [5, 5.41) is 0. The first-order valence-corrected chi connectivity index (χ1v) is 9.19. The molecule has 2 amide bonds. The zero-order valence-electron chi connectivity index (χ0n) is 12.3. The lowest BCUT2D eigenvalue weighted by Crippen LogP contribution is -2.51. The number of halogens is 2. The van der Waals surface area contributed by atoms with E-state index in [2.05, 4.69) is 45.2 Å². The molecule has 6 nitrogen and oxygen atoms in total. The highest BCUT2D eigenvalue weighted by Gasteiger charge is 2.37. The van der Waals surface area contributed by atoms with Crippen molar-refractivity contribution in [3.63, 3.8) is 0 Å². The smallest absolute Gasteiger partial charge is 0.254 e. The van der Waals surface area contributed by atoms with E-state index < -0.39 is 12.2 Å². The molecule has 2 atom stereocenters. The maximum atomic E-state index is 12.2. The monoisotopic (exact) mass is 512 g/mol. The predicted octanol–water partition coefficient (Wildman–Crippen LogP) is 0.803. The van der Waals surface area contributed by atoms with Crippen molar-refractivity contribution in [1.82, 2.24) is 9.80 Å². The first-order chi connectivity index (χ1) is 9.36. The van der Waals surface area contributed by atoms with Gasteiger partial charge in [0.05, 0.1) is 13.2 Å². The minimum absolute atomic E-state index is 0.261. The van der Waals surface area contributed by atoms with Crippen LogP contribution in [-0.4, -0.2) is 84.1 Å². The highest BCUT2D eigenvalue weighted by Crippen LogP contribution is 2.11. The minimum atomic E-state index is -0.905. The largest absolute Gasteiger partial charge is 0.364 e. The van der Waals surface area contributed by atoms with Gasteiger partial charge in [0.15, 0.2) is 12.2 Å². The van der Waals surface area contributed by atoms with Crippen LogP contribution in [0.2, 0.25) is 0 Å². The third kappa shape index (κ3) is 6.85. The fourth-order valence-corrected chi connectivity index (χ4v) is 1.94. The van der Waals surface area contributed by atoms with Gasteiger partial charge >= 0.3 is 0 Å². The van der Waals surface area contributed by atoms with Gasteiger partial charge < -0.3 is 19.3 Å². The standard InChI is InChI=1S/C12H22I2N2O4/c1-15(2)11(17)9(19-7-5-13)10(20-8-6-14)12(18)16(3)4/h9-10H,5-8H2,1-4H3. The first kappa shape index (κ1) is 20.3. The molecule has 0 saturated carbocycles. The van der Waals surface area contributed by atoms with Crippen molar-refractivity contribution in [2.24, 2.45) is 0 Å². The number of alkyl halides is 2. The Labute approximate surface area is 147 Å². The van der Waals surface area contributed by atoms with Gasteiger partial charge in [0.25, 0.3) is 11.8 Å². The Morgan fingerprint density at radius 2 is 1.15 bits per heavy atom. The molecule has 0 saturated heterocycles. The highest BCUT2D eigenvalue weighted by atomic mass is 127. The summed E-state index contributed by atoms with van der Waals surface area (Å²) in [6.45, 7) is 0.797. The molecule has 0 heterocycles. The van der Waals surface area contributed by atoms with Gasteiger partial charge in [-0.2, -0.15) is 0 Å². The van der Waals surface area contributed by atoms with Crippen molar-refractivity contribution in [3.05, 3.63) is 0 Å². The Kier molecular flexibility index (Phi) is 11.1. The predicted molar refractivity (Wildman–Crippen MR) is 94.6 cm³/mol. The SMILES string of the molecule is CN(C)C(=O)C(OCCI)C(OCCI)C(=O)N(C)C. The summed E-state index contributed by atoms with van der Waals surface area (Å²) < 4.78 is 12.6. The Hall–Kier alpha value is 0.320. The molecule has 0 radical (unpaired) electrons. The zero-order valence-corrected chi connectivity index (χ0v) is 16.6. The summed E-state index contributed by atoms with van der Waals surface area (Å²) in [7, 11) is 6.55. The number of carbonyl (C=O) groups is 2. The maximum Gasteiger partial charge on any atom is 0.254 e. The van der Waals surface area contributed by atoms with E-state index in [0.717, 1.165) is 8.86 Å². The molecule has 0 N–H and O–H groups in total. The average Bonchev–Trinajstić information content (AvgIpc) is 2.40. The van der Waals surface area contributed by atoms with Crippen LogP contribution in [0.4, 0.5) is 0 Å². The van der Waals surface area contributed by atoms with Crippen LogP contribution < -0.4 is 0 Å². The Bertz CT molecular complexity index is 284. The number of carbonyl (C=O) groups excluding carboxylic acids is 2. The molecule has 0 aromatic heterocycles. The maximum absolute atomic E-state index is 12.2. The van der Waals surface area contributed by atoms with E-state index >= 15 is 0 Å². The van der Waals surface area contributed by atoms with Crippen molar-refractivity contribution in [2.75, 3.05) is 50.3 Å². The second-order valence-corrected chi connectivity index (χ2v) is 6.58. The second-order valence-electron chi connectivity index (χ2n) is 4.43. The van der Waals surface area contributed by atoms with Crippen molar-refractivity contribution < 1.29 is 19.1 Å². The highest BCUT2D eigenvalue weighted by molar-refractivity contribution is 14.1. The lowest BCUT2D eigenvalue weighted by atomic mass is 10.1. The molecule has 118 valence electrons. The van der Waals surface area contributed by atoms with Gasteiger partial charge in [-0.1, -0.05) is 45.2 Å². The van der Waals surface area contributed by atoms with Crippen molar-refractivity contribution in [3.8, 4) is 0 Å². The van der Waals surface area contributed by atoms with Crippen LogP contribution in [-0.2, 0) is 19.1 Å². The first-order valence-electron chi connectivity index (χ1n) is 6.14. The van der Waals surface area contributed by atoms with Crippen LogP contribution >= 0.6 is 45.2 Å². The molecule has 0 aliphatic carbocycles.